The van der Waals surface area contributed by atoms with Crippen molar-refractivity contribution in [1.82, 2.24) is 0 Å². The number of phosphoric acid groups is 1. The van der Waals surface area contributed by atoms with Crippen molar-refractivity contribution in [2.75, 3.05) is 6.61 Å². The molecule has 2 aliphatic heterocycles. The molecule has 2 aliphatic rings. The summed E-state index contributed by atoms with van der Waals surface area (Å²) in [7, 11) is 1.66. The maximum atomic E-state index is 11.2. The second-order valence-corrected chi connectivity index (χ2v) is 5.49. The highest BCUT2D eigenvalue weighted by atomic mass is 31.2. The lowest BCUT2D eigenvalue weighted by Crippen LogP contribution is -2.32. The number of hydrogen-bond donors (Lipinski definition) is 1. The first-order valence-corrected chi connectivity index (χ1v) is 6.61. The summed E-state index contributed by atoms with van der Waals surface area (Å²) in [4.78, 5) is 9.17. The molecule has 0 aromatic heterocycles. The summed E-state index contributed by atoms with van der Waals surface area (Å²) in [5.74, 6) is 0. The highest BCUT2D eigenvalue weighted by Crippen LogP contribution is 2.56. The molecule has 2 rings (SSSR count). The SMILES string of the molecule is [B][C@@H]1O[C@H](COC(C)C)C2OP(=O)(O)O[C@@H]21. The third-order valence-electron chi connectivity index (χ3n) is 2.45. The fourth-order valence-corrected chi connectivity index (χ4v) is 2.92. The molecule has 0 aliphatic carbocycles. The Hall–Kier alpha value is 0.0949. The monoisotopic (exact) mass is 248 g/mol. The minimum absolute atomic E-state index is 0.0436. The summed E-state index contributed by atoms with van der Waals surface area (Å²) >= 11 is 0. The Morgan fingerprint density at radius 3 is 2.69 bits per heavy atom. The Balaban J connectivity index is 1.99. The third-order valence-corrected chi connectivity index (χ3v) is 3.47. The molecule has 2 heterocycles. The first-order chi connectivity index (χ1) is 7.39. The van der Waals surface area contributed by atoms with E-state index in [9.17, 15) is 9.46 Å². The van der Waals surface area contributed by atoms with Gasteiger partial charge in [0.15, 0.2) is 0 Å². The summed E-state index contributed by atoms with van der Waals surface area (Å²) in [5.41, 5.74) is 0. The Bertz CT molecular complexity index is 311. The van der Waals surface area contributed by atoms with Gasteiger partial charge in [-0.1, -0.05) is 0 Å². The number of hydrogen-bond acceptors (Lipinski definition) is 5. The zero-order valence-electron chi connectivity index (χ0n) is 9.11. The van der Waals surface area contributed by atoms with E-state index in [2.05, 4.69) is 0 Å². The van der Waals surface area contributed by atoms with E-state index in [0.29, 0.717) is 0 Å². The minimum atomic E-state index is -3.96. The van der Waals surface area contributed by atoms with Gasteiger partial charge in [0.2, 0.25) is 0 Å². The van der Waals surface area contributed by atoms with E-state index in [0.717, 1.165) is 0 Å². The second-order valence-electron chi connectivity index (χ2n) is 4.13. The number of fused-ring (bicyclic) bond motifs is 1. The fourth-order valence-electron chi connectivity index (χ4n) is 1.76. The van der Waals surface area contributed by atoms with E-state index in [1.165, 1.54) is 0 Å². The normalized spacial score (nSPS) is 47.5. The molecule has 0 saturated carbocycles. The molecule has 0 aromatic carbocycles. The molecule has 0 bridgehead atoms. The highest BCUT2D eigenvalue weighted by molar-refractivity contribution is 7.47. The zero-order valence-corrected chi connectivity index (χ0v) is 10.0. The van der Waals surface area contributed by atoms with Crippen molar-refractivity contribution < 1.29 is 28.0 Å². The third kappa shape index (κ3) is 2.50. The molecule has 8 heteroatoms. The highest BCUT2D eigenvalue weighted by Gasteiger charge is 2.55. The first-order valence-electron chi connectivity index (χ1n) is 5.11. The van der Waals surface area contributed by atoms with E-state index in [4.69, 9.17) is 26.4 Å². The van der Waals surface area contributed by atoms with Gasteiger partial charge >= 0.3 is 7.82 Å². The Morgan fingerprint density at radius 2 is 2.06 bits per heavy atom. The van der Waals surface area contributed by atoms with Crippen LogP contribution in [-0.2, 0) is 23.1 Å². The van der Waals surface area contributed by atoms with Crippen molar-refractivity contribution in [2.24, 2.45) is 0 Å². The van der Waals surface area contributed by atoms with Crippen molar-refractivity contribution in [3.63, 3.8) is 0 Å². The number of rotatable bonds is 3. The Labute approximate surface area is 95.2 Å². The summed E-state index contributed by atoms with van der Waals surface area (Å²) in [6.07, 6.45) is -1.76. The molecule has 0 amide bonds. The molecular formula is C8H14BO6P. The van der Waals surface area contributed by atoms with Gasteiger partial charge in [-0.15, -0.1) is 0 Å². The van der Waals surface area contributed by atoms with Gasteiger partial charge in [-0.2, -0.15) is 0 Å². The van der Waals surface area contributed by atoms with Crippen LogP contribution in [0.1, 0.15) is 13.8 Å². The molecule has 6 nitrogen and oxygen atoms in total. The predicted molar refractivity (Wildman–Crippen MR) is 55.1 cm³/mol. The van der Waals surface area contributed by atoms with Crippen molar-refractivity contribution >= 4 is 15.7 Å². The van der Waals surface area contributed by atoms with Crippen molar-refractivity contribution in [3.8, 4) is 0 Å². The predicted octanol–water partition coefficient (Wildman–Crippen LogP) is 0.189. The molecule has 2 unspecified atom stereocenters. The topological polar surface area (TPSA) is 74.2 Å². The molecular weight excluding hydrogens is 234 g/mol. The van der Waals surface area contributed by atoms with Crippen LogP contribution in [0.5, 0.6) is 0 Å². The van der Waals surface area contributed by atoms with Crippen molar-refractivity contribution in [1.29, 1.82) is 0 Å². The standard InChI is InChI=1S/C8H14BO6P/c1-4(2)12-3-5-6-7(8(9)13-5)15-16(10,11)14-6/h4-8H,3H2,1-2H3,(H,10,11)/t5-,6?,7+,8-/m1/s1. The van der Waals surface area contributed by atoms with E-state index >= 15 is 0 Å². The number of phosphoric ester groups is 1. The average molecular weight is 248 g/mol. The number of ether oxygens (including phenoxy) is 2. The van der Waals surface area contributed by atoms with Crippen LogP contribution in [-0.4, -0.2) is 49.8 Å². The molecule has 2 fully saturated rings. The molecule has 1 N–H and O–H groups in total. The van der Waals surface area contributed by atoms with Crippen LogP contribution in [0.2, 0.25) is 0 Å². The Kier molecular flexibility index (Phi) is 3.45. The Morgan fingerprint density at radius 1 is 1.44 bits per heavy atom. The summed E-state index contributed by atoms with van der Waals surface area (Å²) in [5, 5.41) is 0. The van der Waals surface area contributed by atoms with Gasteiger partial charge in [0.05, 0.1) is 12.7 Å². The van der Waals surface area contributed by atoms with Crippen LogP contribution in [0.4, 0.5) is 0 Å². The van der Waals surface area contributed by atoms with Gasteiger partial charge in [-0.25, -0.2) is 4.57 Å². The van der Waals surface area contributed by atoms with Gasteiger partial charge < -0.3 is 14.4 Å². The van der Waals surface area contributed by atoms with Gasteiger partial charge in [0.25, 0.3) is 0 Å². The fraction of sp³-hybridized carbons (Fsp3) is 1.00. The molecule has 0 spiro atoms. The van der Waals surface area contributed by atoms with Gasteiger partial charge in [0.1, 0.15) is 26.2 Å². The lowest BCUT2D eigenvalue weighted by molar-refractivity contribution is -0.0443. The molecule has 2 radical (unpaired) electrons. The van der Waals surface area contributed by atoms with Crippen LogP contribution in [0.3, 0.4) is 0 Å². The van der Waals surface area contributed by atoms with Crippen molar-refractivity contribution in [2.45, 2.75) is 44.3 Å². The summed E-state index contributed by atoms with van der Waals surface area (Å²) < 4.78 is 31.6. The molecule has 0 aromatic rings. The van der Waals surface area contributed by atoms with E-state index < -0.39 is 32.1 Å². The van der Waals surface area contributed by atoms with E-state index in [1.807, 2.05) is 13.8 Å². The smallest absolute Gasteiger partial charge is 0.377 e. The molecule has 5 atom stereocenters. The zero-order chi connectivity index (χ0) is 11.9. The maximum absolute atomic E-state index is 11.2. The van der Waals surface area contributed by atoms with E-state index in [-0.39, 0.29) is 12.7 Å². The van der Waals surface area contributed by atoms with Crippen LogP contribution in [0.25, 0.3) is 0 Å². The van der Waals surface area contributed by atoms with E-state index in [1.54, 1.807) is 0 Å². The average Bonchev–Trinajstić information content (AvgIpc) is 2.59. The molecule has 16 heavy (non-hydrogen) atoms. The van der Waals surface area contributed by atoms with Gasteiger partial charge in [0, 0.05) is 6.00 Å². The lowest BCUT2D eigenvalue weighted by Gasteiger charge is -2.18. The van der Waals surface area contributed by atoms with Crippen LogP contribution in [0, 0.1) is 0 Å². The largest absolute Gasteiger partial charge is 0.473 e. The molecule has 90 valence electrons. The quantitative estimate of drug-likeness (QED) is 0.567. The first kappa shape index (κ1) is 12.5. The summed E-state index contributed by atoms with van der Waals surface area (Å²) in [6.45, 7) is 4.03. The second kappa shape index (κ2) is 4.40. The van der Waals surface area contributed by atoms with Crippen molar-refractivity contribution in [3.05, 3.63) is 0 Å². The van der Waals surface area contributed by atoms with Gasteiger partial charge in [-0.05, 0) is 13.8 Å². The minimum Gasteiger partial charge on any atom is -0.377 e. The van der Waals surface area contributed by atoms with Crippen LogP contribution in [0.15, 0.2) is 0 Å². The van der Waals surface area contributed by atoms with Gasteiger partial charge in [-0.3, -0.25) is 9.05 Å². The van der Waals surface area contributed by atoms with Crippen LogP contribution < -0.4 is 0 Å². The van der Waals surface area contributed by atoms with Crippen LogP contribution >= 0.6 is 7.82 Å². The molecule has 2 saturated heterocycles. The maximum Gasteiger partial charge on any atom is 0.473 e. The lowest BCUT2D eigenvalue weighted by atomic mass is 9.93. The summed E-state index contributed by atoms with van der Waals surface area (Å²) in [6, 6.07) is -0.756.